The predicted octanol–water partition coefficient (Wildman–Crippen LogP) is 3.79. The molecule has 0 unspecified atom stereocenters. The van der Waals surface area contributed by atoms with Gasteiger partial charge in [-0.05, 0) is 78.9 Å². The van der Waals surface area contributed by atoms with Crippen molar-refractivity contribution in [3.63, 3.8) is 0 Å². The van der Waals surface area contributed by atoms with E-state index in [1.165, 1.54) is 18.4 Å². The van der Waals surface area contributed by atoms with Gasteiger partial charge in [0.25, 0.3) is 0 Å². The van der Waals surface area contributed by atoms with Crippen LogP contribution in [0.25, 0.3) is 0 Å². The van der Waals surface area contributed by atoms with E-state index >= 15 is 0 Å². The van der Waals surface area contributed by atoms with Crippen LogP contribution in [0.15, 0.2) is 16.6 Å². The number of piperidine rings is 1. The van der Waals surface area contributed by atoms with Gasteiger partial charge >= 0.3 is 0 Å². The van der Waals surface area contributed by atoms with Gasteiger partial charge in [0.05, 0.1) is 18.2 Å². The minimum Gasteiger partial charge on any atom is -0.493 e. The number of nitrogens with one attached hydrogen (secondary N) is 2. The summed E-state index contributed by atoms with van der Waals surface area (Å²) in [5.41, 5.74) is 1.20. The lowest BCUT2D eigenvalue weighted by Crippen LogP contribution is -2.33. The van der Waals surface area contributed by atoms with Gasteiger partial charge in [0.15, 0.2) is 11.5 Å². The molecule has 1 aromatic carbocycles. The van der Waals surface area contributed by atoms with E-state index in [-0.39, 0.29) is 24.8 Å². The molecule has 1 aliphatic rings. The first-order valence-electron chi connectivity index (χ1n) is 7.65. The Kier molecular flexibility index (Phi) is 12.1. The summed E-state index contributed by atoms with van der Waals surface area (Å²) in [5.74, 6) is 2.35. The van der Waals surface area contributed by atoms with Gasteiger partial charge in [0.2, 0.25) is 0 Å². The molecular formula is C16H27BrCl2N2O2. The maximum Gasteiger partial charge on any atom is 0.175 e. The van der Waals surface area contributed by atoms with Gasteiger partial charge < -0.3 is 20.1 Å². The lowest BCUT2D eigenvalue weighted by Gasteiger charge is -2.23. The third kappa shape index (κ3) is 7.06. The molecule has 1 aromatic rings. The summed E-state index contributed by atoms with van der Waals surface area (Å²) in [6, 6.07) is 4.15. The van der Waals surface area contributed by atoms with E-state index in [4.69, 9.17) is 9.47 Å². The Bertz CT molecular complexity index is 458. The third-order valence-corrected chi connectivity index (χ3v) is 4.39. The normalized spacial score (nSPS) is 14.6. The van der Waals surface area contributed by atoms with Crippen molar-refractivity contribution in [1.82, 2.24) is 10.6 Å². The van der Waals surface area contributed by atoms with Crippen LogP contribution in [0.5, 0.6) is 11.5 Å². The first kappa shape index (κ1) is 22.8. The molecule has 1 saturated heterocycles. The highest BCUT2D eigenvalue weighted by Gasteiger charge is 2.14. The number of benzene rings is 1. The second kappa shape index (κ2) is 12.2. The predicted molar refractivity (Wildman–Crippen MR) is 104 cm³/mol. The average Bonchev–Trinajstić information content (AvgIpc) is 2.51. The molecule has 2 rings (SSSR count). The van der Waals surface area contributed by atoms with Crippen LogP contribution in [0.4, 0.5) is 0 Å². The largest absolute Gasteiger partial charge is 0.493 e. The molecule has 1 heterocycles. The van der Waals surface area contributed by atoms with Crippen LogP contribution < -0.4 is 20.1 Å². The van der Waals surface area contributed by atoms with Crippen LogP contribution >= 0.6 is 40.7 Å². The first-order chi connectivity index (χ1) is 10.2. The van der Waals surface area contributed by atoms with Crippen molar-refractivity contribution in [1.29, 1.82) is 0 Å². The molecule has 4 nitrogen and oxygen atoms in total. The monoisotopic (exact) mass is 428 g/mol. The van der Waals surface area contributed by atoms with Crippen molar-refractivity contribution < 1.29 is 9.47 Å². The summed E-state index contributed by atoms with van der Waals surface area (Å²) < 4.78 is 12.0. The molecule has 0 amide bonds. The van der Waals surface area contributed by atoms with Crippen molar-refractivity contribution in [2.24, 2.45) is 5.92 Å². The summed E-state index contributed by atoms with van der Waals surface area (Å²) in [6.45, 7) is 6.83. The highest BCUT2D eigenvalue weighted by molar-refractivity contribution is 9.10. The van der Waals surface area contributed by atoms with E-state index in [0.29, 0.717) is 6.61 Å². The fraction of sp³-hybridized carbons (Fsp3) is 0.625. The van der Waals surface area contributed by atoms with Crippen LogP contribution in [0.2, 0.25) is 0 Å². The second-order valence-corrected chi connectivity index (χ2v) is 6.22. The molecule has 0 aliphatic carbocycles. The number of halogens is 3. The summed E-state index contributed by atoms with van der Waals surface area (Å²) in [5, 5.41) is 6.96. The smallest absolute Gasteiger partial charge is 0.175 e. The quantitative estimate of drug-likeness (QED) is 0.691. The highest BCUT2D eigenvalue weighted by atomic mass is 79.9. The molecule has 0 saturated carbocycles. The molecule has 2 N–H and O–H groups in total. The van der Waals surface area contributed by atoms with Gasteiger partial charge in [-0.2, -0.15) is 0 Å². The fourth-order valence-electron chi connectivity index (χ4n) is 2.67. The molecule has 0 aromatic heterocycles. The Labute approximate surface area is 160 Å². The van der Waals surface area contributed by atoms with E-state index < -0.39 is 0 Å². The maximum atomic E-state index is 5.61. The number of ether oxygens (including phenoxy) is 2. The van der Waals surface area contributed by atoms with Crippen molar-refractivity contribution in [2.75, 3.05) is 33.4 Å². The first-order valence-corrected chi connectivity index (χ1v) is 8.44. The lowest BCUT2D eigenvalue weighted by molar-refractivity contribution is 0.308. The number of methoxy groups -OCH3 is 1. The molecule has 134 valence electrons. The van der Waals surface area contributed by atoms with E-state index in [0.717, 1.165) is 48.1 Å². The van der Waals surface area contributed by atoms with Gasteiger partial charge in [0, 0.05) is 6.54 Å². The SMILES string of the molecule is CCOc1c(Br)cc(CNCC2CCNCC2)cc1OC.Cl.Cl. The minimum atomic E-state index is 0. The van der Waals surface area contributed by atoms with E-state index in [1.54, 1.807) is 7.11 Å². The molecule has 0 radical (unpaired) electrons. The molecular weight excluding hydrogens is 403 g/mol. The Hall–Kier alpha value is -0.200. The van der Waals surface area contributed by atoms with Gasteiger partial charge in [-0.3, -0.25) is 0 Å². The number of hydrogen-bond acceptors (Lipinski definition) is 4. The maximum absolute atomic E-state index is 5.61. The second-order valence-electron chi connectivity index (χ2n) is 5.37. The van der Waals surface area contributed by atoms with Gasteiger partial charge in [0.1, 0.15) is 0 Å². The minimum absolute atomic E-state index is 0. The summed E-state index contributed by atoms with van der Waals surface area (Å²) in [7, 11) is 1.68. The molecule has 0 bridgehead atoms. The number of hydrogen-bond donors (Lipinski definition) is 2. The third-order valence-electron chi connectivity index (χ3n) is 3.80. The number of rotatable bonds is 7. The molecule has 1 aliphatic heterocycles. The van der Waals surface area contributed by atoms with Crippen LogP contribution in [-0.2, 0) is 6.54 Å². The topological polar surface area (TPSA) is 42.5 Å². The van der Waals surface area contributed by atoms with Crippen LogP contribution in [0, 0.1) is 5.92 Å². The Morgan fingerprint density at radius 3 is 2.57 bits per heavy atom. The fourth-order valence-corrected chi connectivity index (χ4v) is 3.27. The van der Waals surface area contributed by atoms with Crippen molar-refractivity contribution in [3.8, 4) is 11.5 Å². The van der Waals surface area contributed by atoms with E-state index in [9.17, 15) is 0 Å². The van der Waals surface area contributed by atoms with E-state index in [1.807, 2.05) is 13.0 Å². The zero-order chi connectivity index (χ0) is 15.1. The molecule has 1 fully saturated rings. The summed E-state index contributed by atoms with van der Waals surface area (Å²) in [6.07, 6.45) is 2.53. The zero-order valence-electron chi connectivity index (χ0n) is 13.7. The zero-order valence-corrected chi connectivity index (χ0v) is 16.9. The van der Waals surface area contributed by atoms with Crippen molar-refractivity contribution >= 4 is 40.7 Å². The molecule has 23 heavy (non-hydrogen) atoms. The van der Waals surface area contributed by atoms with Crippen LogP contribution in [0.1, 0.15) is 25.3 Å². The van der Waals surface area contributed by atoms with Crippen molar-refractivity contribution in [2.45, 2.75) is 26.3 Å². The Balaban J connectivity index is 0.00000242. The average molecular weight is 430 g/mol. The Morgan fingerprint density at radius 1 is 1.26 bits per heavy atom. The van der Waals surface area contributed by atoms with E-state index in [2.05, 4.69) is 32.6 Å². The summed E-state index contributed by atoms with van der Waals surface area (Å²) >= 11 is 3.57. The standard InChI is InChI=1S/C16H25BrN2O2.2ClH/c1-3-21-16-14(17)8-13(9-15(16)20-2)11-19-10-12-4-6-18-7-5-12;;/h8-9,12,18-19H,3-7,10-11H2,1-2H3;2*1H. The molecule has 0 spiro atoms. The van der Waals surface area contributed by atoms with Gasteiger partial charge in [-0.1, -0.05) is 0 Å². The van der Waals surface area contributed by atoms with Crippen LogP contribution in [-0.4, -0.2) is 33.4 Å². The Morgan fingerprint density at radius 2 is 1.96 bits per heavy atom. The van der Waals surface area contributed by atoms with Gasteiger partial charge in [-0.15, -0.1) is 24.8 Å². The lowest BCUT2D eigenvalue weighted by atomic mass is 9.98. The van der Waals surface area contributed by atoms with Crippen LogP contribution in [0.3, 0.4) is 0 Å². The van der Waals surface area contributed by atoms with Crippen molar-refractivity contribution in [3.05, 3.63) is 22.2 Å². The molecule has 0 atom stereocenters. The molecule has 7 heteroatoms. The highest BCUT2D eigenvalue weighted by Crippen LogP contribution is 2.36. The summed E-state index contributed by atoms with van der Waals surface area (Å²) in [4.78, 5) is 0. The van der Waals surface area contributed by atoms with Gasteiger partial charge in [-0.25, -0.2) is 0 Å².